The van der Waals surface area contributed by atoms with Crippen molar-refractivity contribution in [3.8, 4) is 0 Å². The van der Waals surface area contributed by atoms with Crippen LogP contribution in [0.2, 0.25) is 18.3 Å². The summed E-state index contributed by atoms with van der Waals surface area (Å²) >= 11 is -2.51. The molecule has 0 radical (unpaired) electrons. The zero-order chi connectivity index (χ0) is 28.1. The molecular weight excluding hydrogens is 587 g/mol. The van der Waals surface area contributed by atoms with Crippen LogP contribution in [-0.4, -0.2) is 44.5 Å². The van der Waals surface area contributed by atoms with Crippen molar-refractivity contribution in [3.63, 3.8) is 0 Å². The van der Waals surface area contributed by atoms with Crippen molar-refractivity contribution in [2.24, 2.45) is 5.92 Å². The van der Waals surface area contributed by atoms with Gasteiger partial charge < -0.3 is 0 Å². The van der Waals surface area contributed by atoms with E-state index in [2.05, 4.69) is 119 Å². The Bertz CT molecular complexity index is 861. The Balaban J connectivity index is 2.66. The molecule has 0 aromatic heterocycles. The van der Waals surface area contributed by atoms with Crippen molar-refractivity contribution in [2.45, 2.75) is 111 Å². The molecule has 2 aromatic carbocycles. The summed E-state index contributed by atoms with van der Waals surface area (Å²) in [6.45, 7) is 16.3. The summed E-state index contributed by atoms with van der Waals surface area (Å²) in [5.74, 6) is 0.0420. The van der Waals surface area contributed by atoms with E-state index >= 15 is 0 Å². The van der Waals surface area contributed by atoms with E-state index in [9.17, 15) is 5.11 Å². The van der Waals surface area contributed by atoms with Crippen LogP contribution >= 0.6 is 0 Å². The van der Waals surface area contributed by atoms with Crippen molar-refractivity contribution in [1.29, 1.82) is 0 Å². The summed E-state index contributed by atoms with van der Waals surface area (Å²) < 4.78 is 14.6. The molecule has 2 atom stereocenters. The average molecular weight is 644 g/mol. The van der Waals surface area contributed by atoms with Crippen molar-refractivity contribution in [1.82, 2.24) is 0 Å². The zero-order valence-corrected chi connectivity index (χ0v) is 29.4. The van der Waals surface area contributed by atoms with Crippen LogP contribution in [0.1, 0.15) is 87.0 Å². The second kappa shape index (κ2) is 16.4. The van der Waals surface area contributed by atoms with Gasteiger partial charge in [0.1, 0.15) is 0 Å². The van der Waals surface area contributed by atoms with Gasteiger partial charge in [0.05, 0.1) is 0 Å². The Labute approximate surface area is 240 Å². The van der Waals surface area contributed by atoms with Gasteiger partial charge in [-0.15, -0.1) is 0 Å². The van der Waals surface area contributed by atoms with E-state index in [-0.39, 0.29) is 23.7 Å². The molecule has 2 nitrogen and oxygen atoms in total. The first kappa shape index (κ1) is 33.3. The molecule has 1 N–H and O–H groups in total. The molecule has 0 aliphatic heterocycles. The molecule has 212 valence electrons. The third kappa shape index (κ3) is 8.81. The summed E-state index contributed by atoms with van der Waals surface area (Å²) in [5.41, 5.74) is 0. The zero-order valence-electron chi connectivity index (χ0n) is 25.5. The topological polar surface area (TPSA) is 29.5 Å². The van der Waals surface area contributed by atoms with Gasteiger partial charge in [0.25, 0.3) is 0 Å². The quantitative estimate of drug-likeness (QED) is 0.175. The molecule has 0 fully saturated rings. The van der Waals surface area contributed by atoms with Crippen LogP contribution in [0.5, 0.6) is 0 Å². The fraction of sp³-hybridized carbons (Fsp3) is 0.588. The van der Waals surface area contributed by atoms with E-state index in [1.807, 2.05) is 0 Å². The monoisotopic (exact) mass is 644 g/mol. The Morgan fingerprint density at radius 3 is 1.55 bits per heavy atom. The number of benzene rings is 2. The second-order valence-electron chi connectivity index (χ2n) is 12.4. The van der Waals surface area contributed by atoms with Gasteiger partial charge in [-0.1, -0.05) is 0 Å². The molecule has 4 heteroatoms. The Hall–Kier alpha value is -0.884. The van der Waals surface area contributed by atoms with E-state index in [1.165, 1.54) is 62.2 Å². The number of aliphatic hydroxyl groups excluding tert-OH is 1. The van der Waals surface area contributed by atoms with E-state index in [4.69, 9.17) is 4.43 Å². The Morgan fingerprint density at radius 1 is 0.789 bits per heavy atom. The van der Waals surface area contributed by atoms with Gasteiger partial charge in [-0.05, 0) is 0 Å². The molecule has 0 amide bonds. The van der Waals surface area contributed by atoms with Gasteiger partial charge in [0.2, 0.25) is 0 Å². The van der Waals surface area contributed by atoms with Crippen molar-refractivity contribution in [3.05, 3.63) is 70.8 Å². The molecule has 2 rings (SSSR count). The predicted octanol–water partition coefficient (Wildman–Crippen LogP) is 8.50. The van der Waals surface area contributed by atoms with Gasteiger partial charge in [-0.25, -0.2) is 0 Å². The van der Waals surface area contributed by atoms with Gasteiger partial charge in [0, 0.05) is 0 Å². The standard InChI is InChI=1S/C22H29O2Si.3C4H9.Sn/c1-6-21(18(2)17-23)24-25(22(3,4)5,19-13-9-7-10-14-19)20-15-11-8-12-16-20;3*1-3-4-2;/h1,6-16,18,21,23H,17H2,2-5H3;3*1,3-4H2,2H3;/t18-,21+;;;;/m1..../s1. The van der Waals surface area contributed by atoms with Crippen molar-refractivity contribution in [2.75, 3.05) is 6.61 Å². The fourth-order valence-corrected chi connectivity index (χ4v) is 24.9. The maximum absolute atomic E-state index is 10.4. The fourth-order valence-electron chi connectivity index (χ4n) is 5.85. The SMILES string of the molecule is CCC[CH2][Sn](/[CH]=C/[C@H](O[Si](c1ccccc1)(c1ccccc1)C(C)(C)C)[C@H](C)CO)([CH2]CCC)[CH2]CCC. The molecule has 0 heterocycles. The van der Waals surface area contributed by atoms with Crippen LogP contribution < -0.4 is 10.4 Å². The molecule has 0 unspecified atom stereocenters. The average Bonchev–Trinajstić information content (AvgIpc) is 2.93. The first-order valence-corrected chi connectivity index (χ1v) is 24.9. The molecular formula is C34H56O2SiSn. The molecule has 0 aliphatic rings. The van der Waals surface area contributed by atoms with Crippen molar-refractivity contribution < 1.29 is 9.53 Å². The van der Waals surface area contributed by atoms with E-state index in [0.29, 0.717) is 0 Å². The normalized spacial score (nSPS) is 14.6. The van der Waals surface area contributed by atoms with Crippen LogP contribution in [-0.2, 0) is 4.43 Å². The third-order valence-corrected chi connectivity index (χ3v) is 27.5. The second-order valence-corrected chi connectivity index (χ2v) is 29.7. The summed E-state index contributed by atoms with van der Waals surface area (Å²) in [4.78, 5) is 0. The van der Waals surface area contributed by atoms with Gasteiger partial charge in [-0.2, -0.15) is 0 Å². The summed E-state index contributed by atoms with van der Waals surface area (Å²) in [6, 6.07) is 21.9. The molecule has 0 bridgehead atoms. The van der Waals surface area contributed by atoms with Crippen molar-refractivity contribution >= 4 is 37.1 Å². The Kier molecular flexibility index (Phi) is 14.4. The van der Waals surface area contributed by atoms with E-state index in [1.54, 1.807) is 0 Å². The molecule has 0 saturated carbocycles. The predicted molar refractivity (Wildman–Crippen MR) is 173 cm³/mol. The van der Waals surface area contributed by atoms with Gasteiger partial charge in [0.15, 0.2) is 0 Å². The number of aliphatic hydroxyl groups is 1. The Morgan fingerprint density at radius 2 is 1.21 bits per heavy atom. The molecule has 38 heavy (non-hydrogen) atoms. The minimum absolute atomic E-state index is 0.0420. The van der Waals surface area contributed by atoms with Crippen LogP contribution in [0.25, 0.3) is 0 Å². The minimum atomic E-state index is -2.70. The number of hydrogen-bond acceptors (Lipinski definition) is 2. The summed E-state index contributed by atoms with van der Waals surface area (Å²) in [5, 5.41) is 13.0. The van der Waals surface area contributed by atoms with E-state index < -0.39 is 26.7 Å². The third-order valence-electron chi connectivity index (χ3n) is 8.30. The summed E-state index contributed by atoms with van der Waals surface area (Å²) in [6.07, 6.45) is 10.2. The molecule has 0 aliphatic carbocycles. The van der Waals surface area contributed by atoms with Crippen LogP contribution in [0.15, 0.2) is 70.8 Å². The van der Waals surface area contributed by atoms with Crippen LogP contribution in [0.3, 0.4) is 0 Å². The van der Waals surface area contributed by atoms with Crippen LogP contribution in [0.4, 0.5) is 0 Å². The van der Waals surface area contributed by atoms with Crippen LogP contribution in [0, 0.1) is 5.92 Å². The number of rotatable bonds is 17. The maximum atomic E-state index is 10.4. The molecule has 2 aromatic rings. The summed E-state index contributed by atoms with van der Waals surface area (Å²) in [7, 11) is -2.70. The molecule has 0 saturated heterocycles. The first-order chi connectivity index (χ1) is 18.2. The first-order valence-electron chi connectivity index (χ1n) is 15.3. The molecule has 0 spiro atoms. The van der Waals surface area contributed by atoms with Gasteiger partial charge >= 0.3 is 241 Å². The van der Waals surface area contributed by atoms with Gasteiger partial charge in [-0.3, -0.25) is 0 Å². The van der Waals surface area contributed by atoms with E-state index in [0.717, 1.165) is 0 Å². The number of unbranched alkanes of at least 4 members (excludes halogenated alkanes) is 3. The number of hydrogen-bond donors (Lipinski definition) is 1.